The lowest BCUT2D eigenvalue weighted by Crippen LogP contribution is -2.45. The van der Waals surface area contributed by atoms with Gasteiger partial charge in [0.15, 0.2) is 0 Å². The lowest BCUT2D eigenvalue weighted by atomic mass is 9.93. The largest absolute Gasteiger partial charge is 0.327 e. The highest BCUT2D eigenvalue weighted by Gasteiger charge is 2.45. The van der Waals surface area contributed by atoms with Crippen molar-refractivity contribution in [3.05, 3.63) is 62.5 Å². The fourth-order valence-electron chi connectivity index (χ4n) is 2.72. The van der Waals surface area contributed by atoms with Gasteiger partial charge in [-0.1, -0.05) is 63.5 Å². The van der Waals surface area contributed by atoms with E-state index in [1.807, 2.05) is 31.2 Å². The second-order valence-electron chi connectivity index (χ2n) is 5.83. The Labute approximate surface area is 164 Å². The maximum atomic E-state index is 12.5. The quantitative estimate of drug-likeness (QED) is 0.624. The van der Waals surface area contributed by atoms with Gasteiger partial charge in [0.2, 0.25) is 0 Å². The van der Waals surface area contributed by atoms with Crippen molar-refractivity contribution in [2.45, 2.75) is 18.9 Å². The van der Waals surface area contributed by atoms with Crippen molar-refractivity contribution in [3.63, 3.8) is 0 Å². The van der Waals surface area contributed by atoms with Gasteiger partial charge in [0, 0.05) is 20.9 Å². The number of halogens is 3. The van der Waals surface area contributed by atoms with Crippen molar-refractivity contribution in [2.24, 2.45) is 0 Å². The van der Waals surface area contributed by atoms with E-state index in [1.165, 1.54) is 4.90 Å². The number of rotatable bonds is 3. The zero-order chi connectivity index (χ0) is 17.5. The molecule has 1 saturated heterocycles. The molecule has 2 aromatic carbocycles. The molecule has 0 aliphatic carbocycles. The van der Waals surface area contributed by atoms with Crippen LogP contribution in [0, 0.1) is 0 Å². The summed E-state index contributed by atoms with van der Waals surface area (Å²) in [4.78, 5) is 14.4. The Hall–Kier alpha value is -1.14. The molecule has 3 nitrogen and oxygen atoms in total. The first-order chi connectivity index (χ1) is 11.3. The van der Waals surface area contributed by atoms with Gasteiger partial charge in [0.1, 0.15) is 4.99 Å². The molecule has 1 aliphatic heterocycles. The minimum atomic E-state index is -0.658. The van der Waals surface area contributed by atoms with Crippen molar-refractivity contribution in [1.29, 1.82) is 0 Å². The summed E-state index contributed by atoms with van der Waals surface area (Å²) in [5.74, 6) is 0. The summed E-state index contributed by atoms with van der Waals surface area (Å²) >= 11 is 21.1. The van der Waals surface area contributed by atoms with Crippen molar-refractivity contribution in [1.82, 2.24) is 5.32 Å². The van der Waals surface area contributed by atoms with Crippen LogP contribution >= 0.6 is 51.3 Å². The lowest BCUT2D eigenvalue weighted by Gasteiger charge is -2.25. The molecule has 1 heterocycles. The highest BCUT2D eigenvalue weighted by molar-refractivity contribution is 9.10. The Bertz CT molecular complexity index is 808. The second kappa shape index (κ2) is 6.64. The number of hydrogen-bond acceptors (Lipinski definition) is 2. The number of thiocarbonyl (C=S) groups is 1. The number of nitrogens with one attached hydrogen (secondary N) is 1. The van der Waals surface area contributed by atoms with Gasteiger partial charge in [-0.25, -0.2) is 4.79 Å². The Balaban J connectivity index is 1.91. The van der Waals surface area contributed by atoms with E-state index in [-0.39, 0.29) is 6.03 Å². The number of amides is 2. The number of anilines is 1. The number of hydrogen-bond donors (Lipinski definition) is 1. The van der Waals surface area contributed by atoms with Crippen molar-refractivity contribution in [3.8, 4) is 0 Å². The molecular formula is C17H13BrCl2N2OS. The van der Waals surface area contributed by atoms with Crippen LogP contribution in [0.15, 0.2) is 46.9 Å². The molecule has 1 aliphatic rings. The van der Waals surface area contributed by atoms with Crippen LogP contribution in [-0.2, 0) is 6.42 Å². The SMILES string of the molecule is C[C@]1(Cc2ccc(Br)cc2)NC(=O)N(c2cc(Cl)cc(Cl)c2)C1=S. The van der Waals surface area contributed by atoms with Crippen LogP contribution in [0.4, 0.5) is 10.5 Å². The molecule has 1 N–H and O–H groups in total. The molecule has 124 valence electrons. The molecule has 0 radical (unpaired) electrons. The summed E-state index contributed by atoms with van der Waals surface area (Å²) in [6.07, 6.45) is 0.593. The van der Waals surface area contributed by atoms with Gasteiger partial charge >= 0.3 is 6.03 Å². The zero-order valence-corrected chi connectivity index (χ0v) is 16.6. The topological polar surface area (TPSA) is 32.3 Å². The smallest absolute Gasteiger partial charge is 0.325 e. The average Bonchev–Trinajstić information content (AvgIpc) is 2.70. The molecule has 0 saturated carbocycles. The first-order valence-electron chi connectivity index (χ1n) is 7.16. The van der Waals surface area contributed by atoms with E-state index in [9.17, 15) is 4.79 Å². The van der Waals surface area contributed by atoms with Gasteiger partial charge < -0.3 is 5.32 Å². The molecule has 1 fully saturated rings. The summed E-state index contributed by atoms with van der Waals surface area (Å²) in [6, 6.07) is 12.6. The Morgan fingerprint density at radius 1 is 1.17 bits per heavy atom. The number of carbonyl (C=O) groups is 1. The molecule has 3 rings (SSSR count). The monoisotopic (exact) mass is 442 g/mol. The van der Waals surface area contributed by atoms with Crippen LogP contribution < -0.4 is 10.2 Å². The van der Waals surface area contributed by atoms with Gasteiger partial charge in [0.05, 0.1) is 11.2 Å². The highest BCUT2D eigenvalue weighted by Crippen LogP contribution is 2.32. The molecule has 2 aromatic rings. The van der Waals surface area contributed by atoms with E-state index in [2.05, 4.69) is 21.2 Å². The molecule has 0 unspecified atom stereocenters. The zero-order valence-electron chi connectivity index (χ0n) is 12.6. The van der Waals surface area contributed by atoms with Crippen LogP contribution in [0.25, 0.3) is 0 Å². The molecule has 1 atom stereocenters. The number of urea groups is 1. The van der Waals surface area contributed by atoms with Gasteiger partial charge in [-0.3, -0.25) is 4.90 Å². The number of carbonyl (C=O) groups excluding carboxylic acids is 1. The minimum absolute atomic E-state index is 0.280. The van der Waals surface area contributed by atoms with E-state index in [0.29, 0.717) is 27.1 Å². The van der Waals surface area contributed by atoms with Gasteiger partial charge in [-0.05, 0) is 42.8 Å². The molecule has 0 aromatic heterocycles. The van der Waals surface area contributed by atoms with Crippen LogP contribution in [0.2, 0.25) is 10.0 Å². The lowest BCUT2D eigenvalue weighted by molar-refractivity contribution is 0.248. The third-order valence-electron chi connectivity index (χ3n) is 3.84. The average molecular weight is 444 g/mol. The maximum absolute atomic E-state index is 12.5. The Morgan fingerprint density at radius 3 is 2.33 bits per heavy atom. The third kappa shape index (κ3) is 3.45. The van der Waals surface area contributed by atoms with Crippen LogP contribution in [0.5, 0.6) is 0 Å². The van der Waals surface area contributed by atoms with E-state index < -0.39 is 5.54 Å². The standard InChI is InChI=1S/C17H13BrCl2N2OS/c1-17(9-10-2-4-11(18)5-3-10)15(24)22(16(23)21-17)14-7-12(19)6-13(20)8-14/h2-8H,9H2,1H3,(H,21,23)/t17-/m1/s1. The van der Waals surface area contributed by atoms with Crippen molar-refractivity contribution < 1.29 is 4.79 Å². The summed E-state index contributed by atoms with van der Waals surface area (Å²) in [5.41, 5.74) is 0.985. The second-order valence-corrected chi connectivity index (χ2v) is 8.01. The van der Waals surface area contributed by atoms with Crippen LogP contribution in [0.1, 0.15) is 12.5 Å². The van der Waals surface area contributed by atoms with E-state index >= 15 is 0 Å². The predicted octanol–water partition coefficient (Wildman–Crippen LogP) is 5.61. The summed E-state index contributed by atoms with van der Waals surface area (Å²) < 4.78 is 1.00. The van der Waals surface area contributed by atoms with Gasteiger partial charge in [-0.15, -0.1) is 0 Å². The van der Waals surface area contributed by atoms with E-state index in [0.717, 1.165) is 10.0 Å². The van der Waals surface area contributed by atoms with Gasteiger partial charge in [-0.2, -0.15) is 0 Å². The maximum Gasteiger partial charge on any atom is 0.327 e. The first kappa shape index (κ1) is 17.7. The summed E-state index contributed by atoms with van der Waals surface area (Å²) in [7, 11) is 0. The van der Waals surface area contributed by atoms with Crippen molar-refractivity contribution in [2.75, 3.05) is 4.90 Å². The summed E-state index contributed by atoms with van der Waals surface area (Å²) in [6.45, 7) is 1.92. The number of benzene rings is 2. The molecule has 2 amide bonds. The normalized spacial score (nSPS) is 20.4. The molecule has 0 spiro atoms. The van der Waals surface area contributed by atoms with Crippen LogP contribution in [-0.4, -0.2) is 16.6 Å². The molecule has 0 bridgehead atoms. The fourth-order valence-corrected chi connectivity index (χ4v) is 3.81. The molecule has 24 heavy (non-hydrogen) atoms. The summed E-state index contributed by atoms with van der Waals surface area (Å²) in [5, 5.41) is 3.89. The molecule has 7 heteroatoms. The van der Waals surface area contributed by atoms with Crippen LogP contribution in [0.3, 0.4) is 0 Å². The third-order valence-corrected chi connectivity index (χ3v) is 5.44. The predicted molar refractivity (Wildman–Crippen MR) is 106 cm³/mol. The minimum Gasteiger partial charge on any atom is -0.325 e. The van der Waals surface area contributed by atoms with Crippen molar-refractivity contribution >= 4 is 68.1 Å². The van der Waals surface area contributed by atoms with E-state index in [1.54, 1.807) is 18.2 Å². The Kier molecular flexibility index (Phi) is 4.89. The Morgan fingerprint density at radius 2 is 1.75 bits per heavy atom. The van der Waals surface area contributed by atoms with Gasteiger partial charge in [0.25, 0.3) is 0 Å². The molecular weight excluding hydrogens is 431 g/mol. The van der Waals surface area contributed by atoms with E-state index in [4.69, 9.17) is 35.4 Å². The first-order valence-corrected chi connectivity index (χ1v) is 9.11. The number of nitrogens with zero attached hydrogens (tertiary/aromatic N) is 1. The fraction of sp³-hybridized carbons (Fsp3) is 0.176. The highest BCUT2D eigenvalue weighted by atomic mass is 79.9.